The number of urea groups is 1. The van der Waals surface area contributed by atoms with Crippen molar-refractivity contribution >= 4 is 35.2 Å². The summed E-state index contributed by atoms with van der Waals surface area (Å²) in [5, 5.41) is 9.98. The molecule has 0 radical (unpaired) electrons. The molecule has 2 aromatic rings. The van der Waals surface area contributed by atoms with Gasteiger partial charge in [0.15, 0.2) is 5.54 Å². The zero-order valence-electron chi connectivity index (χ0n) is 10.7. The first-order valence-electron chi connectivity index (χ1n) is 5.84. The zero-order valence-corrected chi connectivity index (χ0v) is 11.5. The highest BCUT2D eigenvalue weighted by atomic mass is 35.5. The van der Waals surface area contributed by atoms with Crippen LogP contribution in [0.1, 0.15) is 5.69 Å². The minimum Gasteiger partial charge on any atom is -0.327 e. The number of hydrogen-bond acceptors (Lipinski definition) is 4. The van der Waals surface area contributed by atoms with Gasteiger partial charge in [0.2, 0.25) is 0 Å². The van der Waals surface area contributed by atoms with Crippen LogP contribution in [-0.4, -0.2) is 28.3 Å². The molecule has 1 fully saturated rings. The SMILES string of the molecule is Cl.Cn1nc2ccccc2c1[C@@]1(CN)NC(=O)NC1=O. The van der Waals surface area contributed by atoms with Crippen LogP contribution >= 0.6 is 12.4 Å². The fourth-order valence-corrected chi connectivity index (χ4v) is 2.55. The van der Waals surface area contributed by atoms with Gasteiger partial charge in [0.05, 0.1) is 11.2 Å². The van der Waals surface area contributed by atoms with Gasteiger partial charge < -0.3 is 11.1 Å². The minimum absolute atomic E-state index is 0. The highest BCUT2D eigenvalue weighted by Crippen LogP contribution is 2.30. The van der Waals surface area contributed by atoms with E-state index in [9.17, 15) is 9.59 Å². The predicted octanol–water partition coefficient (Wildman–Crippen LogP) is -0.0115. The lowest BCUT2D eigenvalue weighted by Crippen LogP contribution is -2.51. The van der Waals surface area contributed by atoms with E-state index in [1.165, 1.54) is 0 Å². The van der Waals surface area contributed by atoms with Crippen LogP contribution in [0.4, 0.5) is 4.79 Å². The quantitative estimate of drug-likeness (QED) is 0.678. The predicted molar refractivity (Wildman–Crippen MR) is 75.4 cm³/mol. The Morgan fingerprint density at radius 2 is 2.05 bits per heavy atom. The third-order valence-corrected chi connectivity index (χ3v) is 3.39. The second-order valence-corrected chi connectivity index (χ2v) is 4.51. The molecule has 4 N–H and O–H groups in total. The third-order valence-electron chi connectivity index (χ3n) is 3.39. The lowest BCUT2D eigenvalue weighted by molar-refractivity contribution is -0.124. The minimum atomic E-state index is -1.26. The van der Waals surface area contributed by atoms with Crippen molar-refractivity contribution < 1.29 is 9.59 Å². The second kappa shape index (κ2) is 4.77. The number of amides is 3. The number of rotatable bonds is 2. The number of nitrogens with one attached hydrogen (secondary N) is 2. The van der Waals surface area contributed by atoms with E-state index in [4.69, 9.17) is 5.73 Å². The maximum Gasteiger partial charge on any atom is 0.322 e. The summed E-state index contributed by atoms with van der Waals surface area (Å²) >= 11 is 0. The van der Waals surface area contributed by atoms with Crippen LogP contribution in [0.25, 0.3) is 10.9 Å². The molecular weight excluding hydrogens is 282 g/mol. The van der Waals surface area contributed by atoms with Crippen LogP contribution in [0.2, 0.25) is 0 Å². The fraction of sp³-hybridized carbons (Fsp3) is 0.250. The highest BCUT2D eigenvalue weighted by molar-refractivity contribution is 6.09. The smallest absolute Gasteiger partial charge is 0.322 e. The number of carbonyl (C=O) groups is 2. The summed E-state index contributed by atoms with van der Waals surface area (Å²) in [4.78, 5) is 23.6. The van der Waals surface area contributed by atoms with Gasteiger partial charge in [0.1, 0.15) is 0 Å². The van der Waals surface area contributed by atoms with E-state index in [-0.39, 0.29) is 19.0 Å². The molecule has 0 bridgehead atoms. The molecule has 1 saturated heterocycles. The van der Waals surface area contributed by atoms with Crippen molar-refractivity contribution in [2.24, 2.45) is 12.8 Å². The van der Waals surface area contributed by atoms with E-state index in [1.54, 1.807) is 11.7 Å². The number of benzene rings is 1. The maximum atomic E-state index is 12.1. The number of carbonyl (C=O) groups excluding carboxylic acids is 2. The Morgan fingerprint density at radius 1 is 1.35 bits per heavy atom. The van der Waals surface area contributed by atoms with Crippen molar-refractivity contribution in [3.63, 3.8) is 0 Å². The molecule has 0 saturated carbocycles. The number of nitrogens with zero attached hydrogens (tertiary/aromatic N) is 2. The van der Waals surface area contributed by atoms with Crippen molar-refractivity contribution in [3.8, 4) is 0 Å². The molecule has 1 aromatic heterocycles. The number of nitrogens with two attached hydrogens (primary N) is 1. The Hall–Kier alpha value is -2.12. The van der Waals surface area contributed by atoms with Gasteiger partial charge in [-0.2, -0.15) is 5.10 Å². The summed E-state index contributed by atoms with van der Waals surface area (Å²) in [7, 11) is 1.73. The van der Waals surface area contributed by atoms with Gasteiger partial charge in [-0.25, -0.2) is 4.79 Å². The first-order chi connectivity index (χ1) is 9.08. The lowest BCUT2D eigenvalue weighted by atomic mass is 9.92. The van der Waals surface area contributed by atoms with Crippen LogP contribution in [0.15, 0.2) is 24.3 Å². The van der Waals surface area contributed by atoms with Gasteiger partial charge in [-0.15, -0.1) is 12.4 Å². The van der Waals surface area contributed by atoms with E-state index in [1.807, 2.05) is 24.3 Å². The Balaban J connectivity index is 0.00000147. The number of aromatic nitrogens is 2. The number of aryl methyl sites for hydroxylation is 1. The van der Waals surface area contributed by atoms with Crippen molar-refractivity contribution in [1.82, 2.24) is 20.4 Å². The molecule has 3 amide bonds. The summed E-state index contributed by atoms with van der Waals surface area (Å²) < 4.78 is 1.59. The van der Waals surface area contributed by atoms with E-state index < -0.39 is 17.5 Å². The Labute approximate surface area is 120 Å². The summed E-state index contributed by atoms with van der Waals surface area (Å²) in [5.41, 5.74) is 5.84. The van der Waals surface area contributed by atoms with Gasteiger partial charge >= 0.3 is 6.03 Å². The maximum absolute atomic E-state index is 12.1. The Bertz CT molecular complexity index is 698. The average Bonchev–Trinajstić information content (AvgIpc) is 2.86. The molecule has 1 aliphatic heterocycles. The summed E-state index contributed by atoms with van der Waals surface area (Å²) in [5.74, 6) is -0.450. The van der Waals surface area contributed by atoms with Crippen LogP contribution in [0.3, 0.4) is 0 Å². The molecule has 0 spiro atoms. The third kappa shape index (κ3) is 1.75. The molecule has 3 rings (SSSR count). The lowest BCUT2D eigenvalue weighted by Gasteiger charge is -2.24. The first kappa shape index (κ1) is 14.3. The fourth-order valence-electron chi connectivity index (χ4n) is 2.55. The zero-order chi connectivity index (χ0) is 13.6. The van der Waals surface area contributed by atoms with E-state index in [0.29, 0.717) is 5.69 Å². The summed E-state index contributed by atoms with van der Waals surface area (Å²) in [6, 6.07) is 6.87. The van der Waals surface area contributed by atoms with Gasteiger partial charge in [0, 0.05) is 19.0 Å². The summed E-state index contributed by atoms with van der Waals surface area (Å²) in [6.45, 7) is -0.0336. The number of halogens is 1. The second-order valence-electron chi connectivity index (χ2n) is 4.51. The molecule has 1 atom stereocenters. The van der Waals surface area contributed by atoms with Crippen molar-refractivity contribution in [1.29, 1.82) is 0 Å². The van der Waals surface area contributed by atoms with Gasteiger partial charge in [-0.3, -0.25) is 14.8 Å². The molecule has 2 heterocycles. The molecule has 8 heteroatoms. The monoisotopic (exact) mass is 295 g/mol. The van der Waals surface area contributed by atoms with E-state index >= 15 is 0 Å². The molecule has 0 unspecified atom stereocenters. The van der Waals surface area contributed by atoms with Crippen LogP contribution in [0, 0.1) is 0 Å². The van der Waals surface area contributed by atoms with Crippen LogP contribution in [-0.2, 0) is 17.4 Å². The van der Waals surface area contributed by atoms with E-state index in [0.717, 1.165) is 10.9 Å². The average molecular weight is 296 g/mol. The van der Waals surface area contributed by atoms with Crippen molar-refractivity contribution in [2.75, 3.05) is 6.54 Å². The highest BCUT2D eigenvalue weighted by Gasteiger charge is 2.49. The van der Waals surface area contributed by atoms with Gasteiger partial charge in [-0.05, 0) is 6.07 Å². The molecule has 20 heavy (non-hydrogen) atoms. The first-order valence-corrected chi connectivity index (χ1v) is 5.84. The molecule has 7 nitrogen and oxygen atoms in total. The van der Waals surface area contributed by atoms with E-state index in [2.05, 4.69) is 15.7 Å². The topological polar surface area (TPSA) is 102 Å². The molecule has 0 aliphatic carbocycles. The van der Waals surface area contributed by atoms with Crippen molar-refractivity contribution in [3.05, 3.63) is 30.0 Å². The molecule has 1 aromatic carbocycles. The number of hydrogen-bond donors (Lipinski definition) is 3. The largest absolute Gasteiger partial charge is 0.327 e. The number of fused-ring (bicyclic) bond motifs is 1. The number of imide groups is 1. The van der Waals surface area contributed by atoms with Crippen LogP contribution < -0.4 is 16.4 Å². The molecule has 1 aliphatic rings. The normalized spacial score (nSPS) is 21.5. The van der Waals surface area contributed by atoms with Gasteiger partial charge in [0.25, 0.3) is 5.91 Å². The molecular formula is C12H14ClN5O2. The standard InChI is InChI=1S/C12H13N5O2.ClH/c1-17-9(7-4-2-3-5-8(7)16-17)12(6-13)10(18)14-11(19)15-12;/h2-5H,6,13H2,1H3,(H2,14,15,18,19);1H/t12-;/m1./s1. The Morgan fingerprint density at radius 3 is 2.65 bits per heavy atom. The van der Waals surface area contributed by atoms with Gasteiger partial charge in [-0.1, -0.05) is 18.2 Å². The Kier molecular flexibility index (Phi) is 3.41. The van der Waals surface area contributed by atoms with Crippen molar-refractivity contribution in [2.45, 2.75) is 5.54 Å². The van der Waals surface area contributed by atoms with Crippen LogP contribution in [0.5, 0.6) is 0 Å². The molecule has 106 valence electrons. The summed E-state index contributed by atoms with van der Waals surface area (Å²) in [6.07, 6.45) is 0.